The number of hydrogen-bond donors (Lipinski definition) is 0. The van der Waals surface area contributed by atoms with Crippen molar-refractivity contribution < 1.29 is 4.79 Å². The molecular weight excluding hydrogens is 322 g/mol. The molecule has 2 aromatic rings. The average molecular weight is 338 g/mol. The molecule has 0 aliphatic heterocycles. The van der Waals surface area contributed by atoms with E-state index < -0.39 is 0 Å². The van der Waals surface area contributed by atoms with Gasteiger partial charge in [0, 0.05) is 29.5 Å². The minimum atomic E-state index is 0.199. The Labute approximate surface area is 126 Å². The highest BCUT2D eigenvalue weighted by molar-refractivity contribution is 9.10. The third kappa shape index (κ3) is 4.56. The van der Waals surface area contributed by atoms with E-state index in [-0.39, 0.29) is 5.78 Å². The summed E-state index contributed by atoms with van der Waals surface area (Å²) in [6, 6.07) is 9.67. The molecule has 19 heavy (non-hydrogen) atoms. The first-order valence-electron chi connectivity index (χ1n) is 6.13. The first-order chi connectivity index (χ1) is 9.15. The number of benzene rings is 1. The quantitative estimate of drug-likeness (QED) is 0.735. The van der Waals surface area contributed by atoms with Crippen LogP contribution in [0.3, 0.4) is 0 Å². The Morgan fingerprint density at radius 1 is 1.26 bits per heavy atom. The van der Waals surface area contributed by atoms with Crippen molar-refractivity contribution in [3.8, 4) is 0 Å². The summed E-state index contributed by atoms with van der Waals surface area (Å²) in [7, 11) is 2.05. The molecule has 2 nitrogen and oxygen atoms in total. The van der Waals surface area contributed by atoms with Crippen LogP contribution in [-0.4, -0.2) is 24.3 Å². The van der Waals surface area contributed by atoms with E-state index in [4.69, 9.17) is 0 Å². The summed E-state index contributed by atoms with van der Waals surface area (Å²) in [5.41, 5.74) is 2.09. The van der Waals surface area contributed by atoms with Crippen LogP contribution in [0.15, 0.2) is 45.6 Å². The van der Waals surface area contributed by atoms with Crippen LogP contribution in [-0.2, 0) is 6.54 Å². The van der Waals surface area contributed by atoms with Crippen LogP contribution >= 0.6 is 27.3 Å². The number of thiophene rings is 1. The monoisotopic (exact) mass is 337 g/mol. The molecule has 100 valence electrons. The maximum absolute atomic E-state index is 12.0. The molecule has 0 bridgehead atoms. The van der Waals surface area contributed by atoms with Gasteiger partial charge in [-0.2, -0.15) is 11.3 Å². The molecule has 0 unspecified atom stereocenters. The van der Waals surface area contributed by atoms with Crippen molar-refractivity contribution in [3.63, 3.8) is 0 Å². The molecule has 0 atom stereocenters. The molecule has 1 aromatic heterocycles. The molecule has 0 saturated carbocycles. The SMILES string of the molecule is CN(CCC(=O)c1ccc(Br)cc1)Cc1ccsc1. The maximum atomic E-state index is 12.0. The smallest absolute Gasteiger partial charge is 0.164 e. The Kier molecular flexibility index (Phi) is 5.31. The lowest BCUT2D eigenvalue weighted by atomic mass is 10.1. The molecule has 0 saturated heterocycles. The fourth-order valence-electron chi connectivity index (χ4n) is 1.85. The summed E-state index contributed by atoms with van der Waals surface area (Å²) in [6.07, 6.45) is 0.558. The van der Waals surface area contributed by atoms with Crippen molar-refractivity contribution in [1.29, 1.82) is 0 Å². The van der Waals surface area contributed by atoms with E-state index in [0.717, 1.165) is 23.1 Å². The van der Waals surface area contributed by atoms with Gasteiger partial charge in [0.1, 0.15) is 0 Å². The van der Waals surface area contributed by atoms with Crippen LogP contribution in [0.4, 0.5) is 0 Å². The second-order valence-electron chi connectivity index (χ2n) is 4.55. The summed E-state index contributed by atoms with van der Waals surface area (Å²) in [6.45, 7) is 1.68. The van der Waals surface area contributed by atoms with Gasteiger partial charge in [-0.25, -0.2) is 0 Å². The van der Waals surface area contributed by atoms with E-state index in [1.807, 2.05) is 31.3 Å². The number of ketones is 1. The Bertz CT molecular complexity index is 522. The standard InChI is InChI=1S/C15H16BrNOS/c1-17(10-12-7-9-19-11-12)8-6-15(18)13-2-4-14(16)5-3-13/h2-5,7,9,11H,6,8,10H2,1H3. The van der Waals surface area contributed by atoms with Gasteiger partial charge >= 0.3 is 0 Å². The number of halogens is 1. The Morgan fingerprint density at radius 2 is 2.00 bits per heavy atom. The van der Waals surface area contributed by atoms with Crippen molar-refractivity contribution >= 4 is 33.0 Å². The van der Waals surface area contributed by atoms with E-state index in [1.165, 1.54) is 5.56 Å². The molecule has 0 aliphatic carbocycles. The van der Waals surface area contributed by atoms with Gasteiger partial charge < -0.3 is 4.90 Å². The molecule has 0 radical (unpaired) electrons. The zero-order chi connectivity index (χ0) is 13.7. The Morgan fingerprint density at radius 3 is 2.63 bits per heavy atom. The average Bonchev–Trinajstić information content (AvgIpc) is 2.89. The van der Waals surface area contributed by atoms with Crippen molar-refractivity contribution in [2.75, 3.05) is 13.6 Å². The zero-order valence-corrected chi connectivity index (χ0v) is 13.2. The van der Waals surface area contributed by atoms with Crippen LogP contribution in [0.25, 0.3) is 0 Å². The second kappa shape index (κ2) is 6.98. The maximum Gasteiger partial charge on any atom is 0.164 e. The van der Waals surface area contributed by atoms with Gasteiger partial charge in [-0.1, -0.05) is 28.1 Å². The van der Waals surface area contributed by atoms with E-state index in [0.29, 0.717) is 6.42 Å². The molecule has 4 heteroatoms. The van der Waals surface area contributed by atoms with E-state index in [9.17, 15) is 4.79 Å². The Hall–Kier alpha value is -0.970. The summed E-state index contributed by atoms with van der Waals surface area (Å²) in [4.78, 5) is 14.2. The summed E-state index contributed by atoms with van der Waals surface area (Å²) in [5, 5.41) is 4.23. The number of hydrogen-bond acceptors (Lipinski definition) is 3. The lowest BCUT2D eigenvalue weighted by Gasteiger charge is -2.15. The summed E-state index contributed by atoms with van der Waals surface area (Å²) < 4.78 is 0.999. The molecule has 0 amide bonds. The minimum absolute atomic E-state index is 0.199. The fourth-order valence-corrected chi connectivity index (χ4v) is 2.77. The van der Waals surface area contributed by atoms with Crippen molar-refractivity contribution in [1.82, 2.24) is 4.90 Å². The number of rotatable bonds is 6. The molecule has 0 aliphatic rings. The summed E-state index contributed by atoms with van der Waals surface area (Å²) in [5.74, 6) is 0.199. The van der Waals surface area contributed by atoms with Gasteiger partial charge in [-0.15, -0.1) is 0 Å². The summed E-state index contributed by atoms with van der Waals surface area (Å²) >= 11 is 5.08. The molecule has 0 spiro atoms. The first kappa shape index (κ1) is 14.4. The van der Waals surface area contributed by atoms with Crippen LogP contribution < -0.4 is 0 Å². The lowest BCUT2D eigenvalue weighted by Crippen LogP contribution is -2.21. The molecular formula is C15H16BrNOS. The zero-order valence-electron chi connectivity index (χ0n) is 10.8. The normalized spacial score (nSPS) is 10.9. The van der Waals surface area contributed by atoms with Crippen molar-refractivity contribution in [2.24, 2.45) is 0 Å². The number of Topliss-reactive ketones (excluding diaryl/α,β-unsaturated/α-hetero) is 1. The van der Waals surface area contributed by atoms with Crippen LogP contribution in [0, 0.1) is 0 Å². The predicted octanol–water partition coefficient (Wildman–Crippen LogP) is 4.22. The van der Waals surface area contributed by atoms with Crippen LogP contribution in [0.5, 0.6) is 0 Å². The topological polar surface area (TPSA) is 20.3 Å². The molecule has 0 fully saturated rings. The van der Waals surface area contributed by atoms with E-state index >= 15 is 0 Å². The highest BCUT2D eigenvalue weighted by atomic mass is 79.9. The van der Waals surface area contributed by atoms with Crippen molar-refractivity contribution in [3.05, 3.63) is 56.7 Å². The number of nitrogens with zero attached hydrogens (tertiary/aromatic N) is 1. The van der Waals surface area contributed by atoms with E-state index in [2.05, 4.69) is 37.7 Å². The third-order valence-corrected chi connectivity index (χ3v) is 4.18. The van der Waals surface area contributed by atoms with Gasteiger partial charge in [0.25, 0.3) is 0 Å². The third-order valence-electron chi connectivity index (χ3n) is 2.92. The first-order valence-corrected chi connectivity index (χ1v) is 7.87. The van der Waals surface area contributed by atoms with Crippen molar-refractivity contribution in [2.45, 2.75) is 13.0 Å². The molecule has 2 rings (SSSR count). The van der Waals surface area contributed by atoms with Crippen LogP contribution in [0.2, 0.25) is 0 Å². The second-order valence-corrected chi connectivity index (χ2v) is 6.25. The van der Waals surface area contributed by atoms with Crippen LogP contribution in [0.1, 0.15) is 22.3 Å². The minimum Gasteiger partial charge on any atom is -0.302 e. The highest BCUT2D eigenvalue weighted by Gasteiger charge is 2.08. The molecule has 1 aromatic carbocycles. The molecule has 1 heterocycles. The van der Waals surface area contributed by atoms with Gasteiger partial charge in [0.15, 0.2) is 5.78 Å². The lowest BCUT2D eigenvalue weighted by molar-refractivity contribution is 0.0968. The van der Waals surface area contributed by atoms with Gasteiger partial charge in [0.05, 0.1) is 0 Å². The highest BCUT2D eigenvalue weighted by Crippen LogP contribution is 2.13. The van der Waals surface area contributed by atoms with Gasteiger partial charge in [-0.05, 0) is 41.6 Å². The van der Waals surface area contributed by atoms with E-state index in [1.54, 1.807) is 11.3 Å². The fraction of sp³-hybridized carbons (Fsp3) is 0.267. The number of carbonyl (C=O) groups excluding carboxylic acids is 1. The Balaban J connectivity index is 1.81. The van der Waals surface area contributed by atoms with Gasteiger partial charge in [-0.3, -0.25) is 4.79 Å². The largest absolute Gasteiger partial charge is 0.302 e. The van der Waals surface area contributed by atoms with Gasteiger partial charge in [0.2, 0.25) is 0 Å². The predicted molar refractivity (Wildman–Crippen MR) is 83.7 cm³/mol. The molecule has 0 N–H and O–H groups in total. The number of carbonyl (C=O) groups is 1.